The first-order valence-corrected chi connectivity index (χ1v) is 6.16. The van der Waals surface area contributed by atoms with E-state index in [4.69, 9.17) is 0 Å². The molecule has 21 heavy (non-hydrogen) atoms. The Balaban J connectivity index is 2.58. The zero-order valence-corrected chi connectivity index (χ0v) is 12.1. The van der Waals surface area contributed by atoms with Crippen LogP contribution in [0.5, 0.6) is 0 Å². The summed E-state index contributed by atoms with van der Waals surface area (Å²) >= 11 is 0. The zero-order chi connectivity index (χ0) is 15.7. The van der Waals surface area contributed by atoms with Crippen molar-refractivity contribution in [2.45, 2.75) is 6.92 Å². The number of rotatable bonds is 3. The molecule has 112 valence electrons. The van der Waals surface area contributed by atoms with Crippen LogP contribution < -0.4 is 4.90 Å². The van der Waals surface area contributed by atoms with Crippen LogP contribution in [-0.4, -0.2) is 37.0 Å². The van der Waals surface area contributed by atoms with Crippen LogP contribution in [0.15, 0.2) is 18.3 Å². The highest BCUT2D eigenvalue weighted by Crippen LogP contribution is 2.25. The highest BCUT2D eigenvalue weighted by Gasteiger charge is 2.21. The molecule has 0 amide bonds. The van der Waals surface area contributed by atoms with Crippen molar-refractivity contribution >= 4 is 11.7 Å². The molecular formula is C14H15F2N3O2. The maximum Gasteiger partial charge on any atom is 0.341 e. The van der Waals surface area contributed by atoms with E-state index in [0.717, 1.165) is 4.68 Å². The topological polar surface area (TPSA) is 47.4 Å². The molecular weight excluding hydrogens is 280 g/mol. The molecule has 0 radical (unpaired) electrons. The lowest BCUT2D eigenvalue weighted by Gasteiger charge is -2.15. The number of hydrogen-bond donors (Lipinski definition) is 0. The van der Waals surface area contributed by atoms with Crippen LogP contribution in [-0.2, 0) is 4.74 Å². The molecule has 0 N–H and O–H groups in total. The minimum atomic E-state index is -0.763. The van der Waals surface area contributed by atoms with Gasteiger partial charge in [0, 0.05) is 19.8 Å². The molecule has 0 fully saturated rings. The Bertz CT molecular complexity index is 673. The van der Waals surface area contributed by atoms with Crippen molar-refractivity contribution in [1.29, 1.82) is 0 Å². The second kappa shape index (κ2) is 5.51. The van der Waals surface area contributed by atoms with Crippen molar-refractivity contribution in [3.05, 3.63) is 41.2 Å². The molecule has 0 aliphatic carbocycles. The van der Waals surface area contributed by atoms with Crippen molar-refractivity contribution in [3.63, 3.8) is 0 Å². The molecule has 0 aliphatic rings. The molecule has 2 rings (SSSR count). The third-order valence-electron chi connectivity index (χ3n) is 3.14. The first kappa shape index (κ1) is 15.0. The Labute approximate surface area is 120 Å². The summed E-state index contributed by atoms with van der Waals surface area (Å²) in [5, 5.41) is 3.87. The number of carbonyl (C=O) groups excluding carboxylic acids is 1. The van der Waals surface area contributed by atoms with Crippen LogP contribution in [0.1, 0.15) is 16.1 Å². The smallest absolute Gasteiger partial charge is 0.341 e. The van der Waals surface area contributed by atoms with E-state index in [0.29, 0.717) is 11.4 Å². The number of benzene rings is 1. The molecule has 0 spiro atoms. The predicted octanol–water partition coefficient (Wildman–Crippen LogP) is 2.31. The number of anilines is 1. The summed E-state index contributed by atoms with van der Waals surface area (Å²) in [6.45, 7) is 1.54. The third-order valence-corrected chi connectivity index (χ3v) is 3.14. The van der Waals surface area contributed by atoms with E-state index in [9.17, 15) is 13.6 Å². The SMILES string of the molecule is COC(=O)c1cnn(-c2c(F)cc(N(C)C)cc2F)c1C. The molecule has 1 aromatic carbocycles. The molecule has 0 bridgehead atoms. The summed E-state index contributed by atoms with van der Waals surface area (Å²) in [5.74, 6) is -2.13. The summed E-state index contributed by atoms with van der Waals surface area (Å²) in [7, 11) is 4.59. The maximum atomic E-state index is 14.2. The van der Waals surface area contributed by atoms with Gasteiger partial charge in [0.05, 0.1) is 19.0 Å². The van der Waals surface area contributed by atoms with Gasteiger partial charge in [-0.05, 0) is 19.1 Å². The highest BCUT2D eigenvalue weighted by molar-refractivity contribution is 5.90. The standard InChI is InChI=1S/C14H15F2N3O2/c1-8-10(14(20)21-4)7-17-19(8)13-11(15)5-9(18(2)3)6-12(13)16/h5-7H,1-4H3. The highest BCUT2D eigenvalue weighted by atomic mass is 19.1. The first-order valence-electron chi connectivity index (χ1n) is 6.16. The minimum Gasteiger partial charge on any atom is -0.465 e. The Hall–Kier alpha value is -2.44. The molecule has 0 unspecified atom stereocenters. The van der Waals surface area contributed by atoms with Crippen LogP contribution in [0.2, 0.25) is 0 Å². The minimum absolute atomic E-state index is 0.160. The third kappa shape index (κ3) is 2.58. The molecule has 0 aliphatic heterocycles. The van der Waals surface area contributed by atoms with E-state index < -0.39 is 17.6 Å². The average Bonchev–Trinajstić information content (AvgIpc) is 2.79. The van der Waals surface area contributed by atoms with Gasteiger partial charge in [-0.2, -0.15) is 5.10 Å². The molecule has 1 heterocycles. The summed E-state index contributed by atoms with van der Waals surface area (Å²) in [6.07, 6.45) is 1.22. The second-order valence-corrected chi connectivity index (χ2v) is 4.70. The van der Waals surface area contributed by atoms with E-state index in [2.05, 4.69) is 9.84 Å². The summed E-state index contributed by atoms with van der Waals surface area (Å²) in [6, 6.07) is 2.41. The van der Waals surface area contributed by atoms with Crippen LogP contribution in [0.25, 0.3) is 5.69 Å². The van der Waals surface area contributed by atoms with Crippen LogP contribution >= 0.6 is 0 Å². The van der Waals surface area contributed by atoms with Crippen LogP contribution in [0.3, 0.4) is 0 Å². The van der Waals surface area contributed by atoms with Gasteiger partial charge >= 0.3 is 5.97 Å². The molecule has 5 nitrogen and oxygen atoms in total. The number of esters is 1. The fraction of sp³-hybridized carbons (Fsp3) is 0.286. The molecule has 0 saturated carbocycles. The van der Waals surface area contributed by atoms with Crippen molar-refractivity contribution in [2.75, 3.05) is 26.1 Å². The Morgan fingerprint density at radius 3 is 2.33 bits per heavy atom. The zero-order valence-electron chi connectivity index (χ0n) is 12.1. The Morgan fingerprint density at radius 1 is 1.29 bits per heavy atom. The molecule has 7 heteroatoms. The summed E-state index contributed by atoms with van der Waals surface area (Å²) in [5.41, 5.74) is 0.533. The number of aromatic nitrogens is 2. The van der Waals surface area contributed by atoms with Crippen molar-refractivity contribution < 1.29 is 18.3 Å². The van der Waals surface area contributed by atoms with Gasteiger partial charge < -0.3 is 9.64 Å². The number of halogens is 2. The summed E-state index contributed by atoms with van der Waals surface area (Å²) < 4.78 is 34.0. The van der Waals surface area contributed by atoms with Gasteiger partial charge in [0.15, 0.2) is 11.6 Å². The van der Waals surface area contributed by atoms with Gasteiger partial charge in [0.25, 0.3) is 0 Å². The lowest BCUT2D eigenvalue weighted by atomic mass is 10.2. The maximum absolute atomic E-state index is 14.2. The van der Waals surface area contributed by atoms with Crippen LogP contribution in [0.4, 0.5) is 14.5 Å². The van der Waals surface area contributed by atoms with Gasteiger partial charge in [0.2, 0.25) is 0 Å². The van der Waals surface area contributed by atoms with E-state index >= 15 is 0 Å². The van der Waals surface area contributed by atoms with Gasteiger partial charge in [-0.15, -0.1) is 0 Å². The van der Waals surface area contributed by atoms with E-state index in [1.54, 1.807) is 19.0 Å². The van der Waals surface area contributed by atoms with E-state index in [1.165, 1.54) is 32.4 Å². The quantitative estimate of drug-likeness (QED) is 0.815. The second-order valence-electron chi connectivity index (χ2n) is 4.70. The largest absolute Gasteiger partial charge is 0.465 e. The Kier molecular flexibility index (Phi) is 3.93. The number of nitrogens with zero attached hydrogens (tertiary/aromatic N) is 3. The predicted molar refractivity (Wildman–Crippen MR) is 73.9 cm³/mol. The average molecular weight is 295 g/mol. The Morgan fingerprint density at radius 2 is 1.86 bits per heavy atom. The van der Waals surface area contributed by atoms with E-state index in [-0.39, 0.29) is 11.3 Å². The van der Waals surface area contributed by atoms with Gasteiger partial charge in [-0.1, -0.05) is 0 Å². The lowest BCUT2D eigenvalue weighted by Crippen LogP contribution is -2.12. The number of methoxy groups -OCH3 is 1. The number of ether oxygens (including phenoxy) is 1. The fourth-order valence-electron chi connectivity index (χ4n) is 1.96. The van der Waals surface area contributed by atoms with Crippen LogP contribution in [0, 0.1) is 18.6 Å². The normalized spacial score (nSPS) is 10.6. The van der Waals surface area contributed by atoms with Gasteiger partial charge in [-0.25, -0.2) is 18.3 Å². The van der Waals surface area contributed by atoms with Crippen molar-refractivity contribution in [1.82, 2.24) is 9.78 Å². The fourth-order valence-corrected chi connectivity index (χ4v) is 1.96. The number of hydrogen-bond acceptors (Lipinski definition) is 4. The van der Waals surface area contributed by atoms with Crippen molar-refractivity contribution in [2.24, 2.45) is 0 Å². The van der Waals surface area contributed by atoms with Gasteiger partial charge in [-0.3, -0.25) is 0 Å². The molecule has 0 atom stereocenters. The van der Waals surface area contributed by atoms with Gasteiger partial charge in [0.1, 0.15) is 11.3 Å². The first-order chi connectivity index (χ1) is 9.86. The summed E-state index contributed by atoms with van der Waals surface area (Å²) in [4.78, 5) is 13.1. The monoisotopic (exact) mass is 295 g/mol. The molecule has 2 aromatic rings. The molecule has 1 aromatic heterocycles. The lowest BCUT2D eigenvalue weighted by molar-refractivity contribution is 0.0600. The van der Waals surface area contributed by atoms with Crippen molar-refractivity contribution in [3.8, 4) is 5.69 Å². The number of carbonyl (C=O) groups is 1. The molecule has 0 saturated heterocycles. The van der Waals surface area contributed by atoms with E-state index in [1.807, 2.05) is 0 Å².